The zero-order valence-corrected chi connectivity index (χ0v) is 14.5. The number of rotatable bonds is 6. The van der Waals surface area contributed by atoms with Crippen LogP contribution < -0.4 is 5.32 Å². The first-order chi connectivity index (χ1) is 12.5. The van der Waals surface area contributed by atoms with Crippen LogP contribution in [0.5, 0.6) is 0 Å². The van der Waals surface area contributed by atoms with Crippen molar-refractivity contribution in [3.05, 3.63) is 82.9 Å². The molecule has 3 aromatic rings. The first-order valence-electron chi connectivity index (χ1n) is 8.02. The average molecular weight is 374 g/mol. The number of nitrogens with one attached hydrogen (secondary N) is 1. The Hall–Kier alpha value is -2.70. The minimum absolute atomic E-state index is 0.0199. The Morgan fingerprint density at radius 3 is 2.65 bits per heavy atom. The third kappa shape index (κ3) is 4.28. The molecule has 0 spiro atoms. The minimum atomic E-state index is -0.873. The van der Waals surface area contributed by atoms with Gasteiger partial charge in [-0.2, -0.15) is 5.10 Å². The predicted octanol–water partition coefficient (Wildman–Crippen LogP) is 3.06. The van der Waals surface area contributed by atoms with Crippen LogP contribution >= 0.6 is 11.6 Å². The second kappa shape index (κ2) is 8.12. The molecule has 0 fully saturated rings. The fraction of sp³-hybridized carbons (Fsp3) is 0.158. The Morgan fingerprint density at radius 1 is 1.23 bits per heavy atom. The summed E-state index contributed by atoms with van der Waals surface area (Å²) in [5.74, 6) is -0.938. The highest BCUT2D eigenvalue weighted by molar-refractivity contribution is 6.31. The van der Waals surface area contributed by atoms with E-state index in [2.05, 4.69) is 10.4 Å². The van der Waals surface area contributed by atoms with Gasteiger partial charge in [0.2, 0.25) is 5.91 Å². The third-order valence-corrected chi connectivity index (χ3v) is 4.29. The van der Waals surface area contributed by atoms with Gasteiger partial charge in [-0.1, -0.05) is 29.8 Å². The Morgan fingerprint density at radius 2 is 2.00 bits per heavy atom. The summed E-state index contributed by atoms with van der Waals surface area (Å²) >= 11 is 5.91. The zero-order chi connectivity index (χ0) is 18.5. The minimum Gasteiger partial charge on any atom is -0.387 e. The highest BCUT2D eigenvalue weighted by Crippen LogP contribution is 2.19. The molecule has 3 rings (SSSR count). The molecule has 2 aromatic carbocycles. The molecule has 0 aliphatic rings. The molecule has 0 radical (unpaired) electrons. The van der Waals surface area contributed by atoms with Crippen LogP contribution in [-0.2, 0) is 11.2 Å². The van der Waals surface area contributed by atoms with E-state index in [1.165, 1.54) is 18.2 Å². The van der Waals surface area contributed by atoms with Gasteiger partial charge in [0.15, 0.2) is 0 Å². The maximum Gasteiger partial charge on any atom is 0.224 e. The zero-order valence-electron chi connectivity index (χ0n) is 13.8. The van der Waals surface area contributed by atoms with Crippen molar-refractivity contribution in [2.45, 2.75) is 12.5 Å². The number of benzene rings is 2. The summed E-state index contributed by atoms with van der Waals surface area (Å²) in [5.41, 5.74) is 1.67. The molecule has 0 aliphatic carbocycles. The predicted molar refractivity (Wildman–Crippen MR) is 96.6 cm³/mol. The number of aliphatic hydroxyl groups is 1. The quantitative estimate of drug-likeness (QED) is 0.697. The van der Waals surface area contributed by atoms with Crippen molar-refractivity contribution < 1.29 is 14.3 Å². The number of halogens is 2. The molecule has 134 valence electrons. The summed E-state index contributed by atoms with van der Waals surface area (Å²) in [4.78, 5) is 12.0. The van der Waals surface area contributed by atoms with Crippen molar-refractivity contribution in [1.29, 1.82) is 0 Å². The number of carbonyl (C=O) groups is 1. The van der Waals surface area contributed by atoms with E-state index in [0.29, 0.717) is 5.56 Å². The molecule has 0 bridgehead atoms. The molecule has 1 unspecified atom stereocenters. The number of hydrogen-bond acceptors (Lipinski definition) is 3. The van der Waals surface area contributed by atoms with Crippen molar-refractivity contribution in [2.24, 2.45) is 0 Å². The van der Waals surface area contributed by atoms with E-state index in [0.717, 1.165) is 5.69 Å². The van der Waals surface area contributed by atoms with E-state index in [1.54, 1.807) is 23.0 Å². The SMILES string of the molecule is O=C(Cc1c(F)cccc1Cl)NCC(O)c1ccc(-n2cccn2)cc1. The second-order valence-corrected chi connectivity index (χ2v) is 6.15. The molecular formula is C19H17ClFN3O2. The smallest absolute Gasteiger partial charge is 0.224 e. The molecule has 1 aromatic heterocycles. The lowest BCUT2D eigenvalue weighted by Gasteiger charge is -2.13. The third-order valence-electron chi connectivity index (χ3n) is 3.94. The second-order valence-electron chi connectivity index (χ2n) is 5.74. The summed E-state index contributed by atoms with van der Waals surface area (Å²) in [6.45, 7) is 0.0199. The standard InChI is InChI=1S/C19H17ClFN3O2/c20-16-3-1-4-17(21)15(16)11-19(26)22-12-18(25)13-5-7-14(8-6-13)24-10-2-9-23-24/h1-10,18,25H,11-12H2,(H,22,26). The van der Waals surface area contributed by atoms with E-state index >= 15 is 0 Å². The van der Waals surface area contributed by atoms with E-state index in [1.807, 2.05) is 24.4 Å². The number of aliphatic hydroxyl groups excluding tert-OH is 1. The Bertz CT molecular complexity index is 862. The monoisotopic (exact) mass is 373 g/mol. The van der Waals surface area contributed by atoms with Gasteiger partial charge in [0.25, 0.3) is 0 Å². The van der Waals surface area contributed by atoms with Gasteiger partial charge in [-0.05, 0) is 35.9 Å². The molecule has 2 N–H and O–H groups in total. The van der Waals surface area contributed by atoms with Crippen LogP contribution in [0, 0.1) is 5.82 Å². The summed E-state index contributed by atoms with van der Waals surface area (Å²) in [6.07, 6.45) is 2.44. The Balaban J connectivity index is 1.56. The van der Waals surface area contributed by atoms with E-state index in [9.17, 15) is 14.3 Å². The van der Waals surface area contributed by atoms with Crippen LogP contribution in [0.1, 0.15) is 17.2 Å². The van der Waals surface area contributed by atoms with E-state index in [-0.39, 0.29) is 23.6 Å². The van der Waals surface area contributed by atoms with Gasteiger partial charge in [0.05, 0.1) is 18.2 Å². The summed E-state index contributed by atoms with van der Waals surface area (Å²) < 4.78 is 15.4. The molecule has 0 aliphatic heterocycles. The van der Waals surface area contributed by atoms with Crippen molar-refractivity contribution in [1.82, 2.24) is 15.1 Å². The Kier molecular flexibility index (Phi) is 5.65. The van der Waals surface area contributed by atoms with Crippen LogP contribution in [0.25, 0.3) is 5.69 Å². The molecular weight excluding hydrogens is 357 g/mol. The van der Waals surface area contributed by atoms with Crippen LogP contribution in [0.4, 0.5) is 4.39 Å². The van der Waals surface area contributed by atoms with Crippen LogP contribution in [0.2, 0.25) is 5.02 Å². The van der Waals surface area contributed by atoms with Gasteiger partial charge in [0, 0.05) is 29.5 Å². The maximum atomic E-state index is 13.7. The lowest BCUT2D eigenvalue weighted by molar-refractivity contribution is -0.120. The molecule has 0 saturated heterocycles. The molecule has 26 heavy (non-hydrogen) atoms. The maximum absolute atomic E-state index is 13.7. The first kappa shape index (κ1) is 18.1. The summed E-state index contributed by atoms with van der Waals surface area (Å²) in [6, 6.07) is 13.3. The largest absolute Gasteiger partial charge is 0.387 e. The van der Waals surface area contributed by atoms with Crippen molar-refractivity contribution >= 4 is 17.5 Å². The highest BCUT2D eigenvalue weighted by atomic mass is 35.5. The summed E-state index contributed by atoms with van der Waals surface area (Å²) in [7, 11) is 0. The molecule has 7 heteroatoms. The number of carbonyl (C=O) groups excluding carboxylic acids is 1. The van der Waals surface area contributed by atoms with Gasteiger partial charge in [0.1, 0.15) is 5.82 Å². The molecule has 1 amide bonds. The normalized spacial score (nSPS) is 12.0. The number of nitrogens with zero attached hydrogens (tertiary/aromatic N) is 2. The molecule has 0 saturated carbocycles. The number of amides is 1. The molecule has 1 heterocycles. The van der Waals surface area contributed by atoms with Gasteiger partial charge in [-0.3, -0.25) is 4.79 Å². The van der Waals surface area contributed by atoms with E-state index < -0.39 is 17.8 Å². The van der Waals surface area contributed by atoms with Crippen LogP contribution in [-0.4, -0.2) is 27.3 Å². The molecule has 5 nitrogen and oxygen atoms in total. The average Bonchev–Trinajstić information content (AvgIpc) is 3.18. The van der Waals surface area contributed by atoms with Gasteiger partial charge < -0.3 is 10.4 Å². The molecule has 1 atom stereocenters. The van der Waals surface area contributed by atoms with Gasteiger partial charge >= 0.3 is 0 Å². The number of aromatic nitrogens is 2. The fourth-order valence-corrected chi connectivity index (χ4v) is 2.75. The highest BCUT2D eigenvalue weighted by Gasteiger charge is 2.14. The topological polar surface area (TPSA) is 67.2 Å². The van der Waals surface area contributed by atoms with Crippen LogP contribution in [0.3, 0.4) is 0 Å². The first-order valence-corrected chi connectivity index (χ1v) is 8.40. The van der Waals surface area contributed by atoms with Crippen molar-refractivity contribution in [3.63, 3.8) is 0 Å². The van der Waals surface area contributed by atoms with Gasteiger partial charge in [-0.25, -0.2) is 9.07 Å². The van der Waals surface area contributed by atoms with Crippen molar-refractivity contribution in [3.8, 4) is 5.69 Å². The van der Waals surface area contributed by atoms with E-state index in [4.69, 9.17) is 11.6 Å². The lowest BCUT2D eigenvalue weighted by atomic mass is 10.1. The fourth-order valence-electron chi connectivity index (χ4n) is 2.52. The van der Waals surface area contributed by atoms with Crippen molar-refractivity contribution in [2.75, 3.05) is 6.54 Å². The number of hydrogen-bond donors (Lipinski definition) is 2. The van der Waals surface area contributed by atoms with Crippen LogP contribution in [0.15, 0.2) is 60.9 Å². The Labute approximate surface area is 155 Å². The lowest BCUT2D eigenvalue weighted by Crippen LogP contribution is -2.30. The van der Waals surface area contributed by atoms with Gasteiger partial charge in [-0.15, -0.1) is 0 Å². The summed E-state index contributed by atoms with van der Waals surface area (Å²) in [5, 5.41) is 17.2.